The van der Waals surface area contributed by atoms with Crippen molar-refractivity contribution in [2.75, 3.05) is 0 Å². The Balaban J connectivity index is 1.36. The van der Waals surface area contributed by atoms with Gasteiger partial charge in [0, 0.05) is 10.1 Å². The lowest BCUT2D eigenvalue weighted by Gasteiger charge is -2.36. The van der Waals surface area contributed by atoms with E-state index in [1.807, 2.05) is 24.3 Å². The van der Waals surface area contributed by atoms with Crippen LogP contribution in [-0.2, 0) is 20.9 Å². The van der Waals surface area contributed by atoms with Crippen molar-refractivity contribution in [3.8, 4) is 0 Å². The van der Waals surface area contributed by atoms with E-state index in [0.29, 0.717) is 23.6 Å². The first-order chi connectivity index (χ1) is 15.0. The van der Waals surface area contributed by atoms with Crippen LogP contribution in [0.2, 0.25) is 5.02 Å². The number of halogens is 1. The van der Waals surface area contributed by atoms with Crippen LogP contribution in [0.4, 0.5) is 0 Å². The molecular formula is C22H21ClN2O5S. The summed E-state index contributed by atoms with van der Waals surface area (Å²) < 4.78 is 7.07. The Hall–Kier alpha value is -2.23. The highest BCUT2D eigenvalue weighted by molar-refractivity contribution is 7.19. The average molecular weight is 461 g/mol. The second-order valence-electron chi connectivity index (χ2n) is 7.90. The van der Waals surface area contributed by atoms with Crippen LogP contribution < -0.4 is 5.32 Å². The minimum atomic E-state index is -1.17. The zero-order chi connectivity index (χ0) is 21.7. The normalized spacial score (nSPS) is 30.6. The third-order valence-electron chi connectivity index (χ3n) is 6.04. The summed E-state index contributed by atoms with van der Waals surface area (Å²) in [5, 5.41) is 24.1. The standard InChI is InChI=1S/C22H21ClN2O5S/c23-19-11-4-1-2-7-15(11)31-16(19)10-30-14-6-3-5-12-18(14)22(29)25(21(12)28)13-8-9-17(26)24-20(13)27/h1-7,12-13,17-18,20,24,26-27H,8-10H2. The molecule has 1 aromatic carbocycles. The Morgan fingerprint density at radius 2 is 2.00 bits per heavy atom. The second kappa shape index (κ2) is 8.03. The molecule has 0 bridgehead atoms. The number of aliphatic hydroxyl groups excluding tert-OH is 2. The highest BCUT2D eigenvalue weighted by Gasteiger charge is 2.53. The van der Waals surface area contributed by atoms with E-state index < -0.39 is 36.2 Å². The molecule has 3 aliphatic rings. The van der Waals surface area contributed by atoms with Crippen molar-refractivity contribution in [2.45, 2.75) is 37.9 Å². The summed E-state index contributed by atoms with van der Waals surface area (Å²) in [7, 11) is 0. The van der Waals surface area contributed by atoms with Gasteiger partial charge in [-0.25, -0.2) is 0 Å². The van der Waals surface area contributed by atoms with Gasteiger partial charge in [0.1, 0.15) is 30.7 Å². The van der Waals surface area contributed by atoms with Crippen molar-refractivity contribution in [2.24, 2.45) is 11.8 Å². The molecule has 2 aromatic rings. The van der Waals surface area contributed by atoms with Crippen molar-refractivity contribution in [3.05, 3.63) is 58.2 Å². The van der Waals surface area contributed by atoms with Gasteiger partial charge in [0.2, 0.25) is 11.8 Å². The molecule has 7 nitrogen and oxygen atoms in total. The van der Waals surface area contributed by atoms with E-state index in [1.165, 1.54) is 11.3 Å². The van der Waals surface area contributed by atoms with Gasteiger partial charge in [-0.3, -0.25) is 19.8 Å². The number of likely N-dealkylation sites (tertiary alicyclic amines) is 1. The van der Waals surface area contributed by atoms with Gasteiger partial charge < -0.3 is 14.9 Å². The Morgan fingerprint density at radius 3 is 2.77 bits per heavy atom. The van der Waals surface area contributed by atoms with Crippen LogP contribution in [0, 0.1) is 11.8 Å². The predicted molar refractivity (Wildman–Crippen MR) is 116 cm³/mol. The van der Waals surface area contributed by atoms with Crippen LogP contribution in [0.1, 0.15) is 17.7 Å². The predicted octanol–water partition coefficient (Wildman–Crippen LogP) is 2.52. The molecule has 0 saturated carbocycles. The number of aliphatic hydroxyl groups is 2. The maximum atomic E-state index is 13.2. The number of hydrogen-bond donors (Lipinski definition) is 3. The van der Waals surface area contributed by atoms with Crippen molar-refractivity contribution in [3.63, 3.8) is 0 Å². The molecule has 0 spiro atoms. The average Bonchev–Trinajstić information content (AvgIpc) is 3.21. The summed E-state index contributed by atoms with van der Waals surface area (Å²) in [5.74, 6) is -1.76. The zero-order valence-corrected chi connectivity index (χ0v) is 18.0. The van der Waals surface area contributed by atoms with Gasteiger partial charge in [0.05, 0.1) is 21.9 Å². The van der Waals surface area contributed by atoms with Crippen molar-refractivity contribution >= 4 is 44.8 Å². The molecule has 5 rings (SSSR count). The number of ether oxygens (including phenoxy) is 1. The minimum absolute atomic E-state index is 0.197. The Kier molecular flexibility index (Phi) is 5.35. The minimum Gasteiger partial charge on any atom is -0.491 e. The molecule has 5 unspecified atom stereocenters. The van der Waals surface area contributed by atoms with Gasteiger partial charge in [-0.1, -0.05) is 42.0 Å². The number of carbonyl (C=O) groups excluding carboxylic acids is 2. The highest BCUT2D eigenvalue weighted by Crippen LogP contribution is 2.41. The number of imide groups is 1. The van der Waals surface area contributed by atoms with E-state index in [1.54, 1.807) is 18.2 Å². The van der Waals surface area contributed by atoms with Gasteiger partial charge in [0.25, 0.3) is 0 Å². The van der Waals surface area contributed by atoms with Crippen LogP contribution in [0.25, 0.3) is 10.1 Å². The van der Waals surface area contributed by atoms with E-state index in [0.717, 1.165) is 19.9 Å². The molecule has 2 fully saturated rings. The molecule has 31 heavy (non-hydrogen) atoms. The summed E-state index contributed by atoms with van der Waals surface area (Å²) in [6.45, 7) is 0.197. The number of amides is 2. The summed E-state index contributed by atoms with van der Waals surface area (Å²) in [4.78, 5) is 28.2. The lowest BCUT2D eigenvalue weighted by Crippen LogP contribution is -2.58. The van der Waals surface area contributed by atoms with Gasteiger partial charge >= 0.3 is 0 Å². The monoisotopic (exact) mass is 460 g/mol. The fraction of sp³-hybridized carbons (Fsp3) is 0.364. The van der Waals surface area contributed by atoms with Crippen molar-refractivity contribution < 1.29 is 24.5 Å². The zero-order valence-electron chi connectivity index (χ0n) is 16.4. The molecule has 5 atom stereocenters. The summed E-state index contributed by atoms with van der Waals surface area (Å²) in [5.41, 5.74) is 0. The van der Waals surface area contributed by atoms with E-state index in [9.17, 15) is 19.8 Å². The molecule has 2 amide bonds. The quantitative estimate of drug-likeness (QED) is 0.606. The number of benzene rings is 1. The van der Waals surface area contributed by atoms with Crippen molar-refractivity contribution in [1.29, 1.82) is 0 Å². The van der Waals surface area contributed by atoms with Crippen LogP contribution in [0.3, 0.4) is 0 Å². The summed E-state index contributed by atoms with van der Waals surface area (Å²) >= 11 is 8.04. The molecule has 3 N–H and O–H groups in total. The molecule has 2 saturated heterocycles. The lowest BCUT2D eigenvalue weighted by molar-refractivity contribution is -0.149. The fourth-order valence-electron chi connectivity index (χ4n) is 4.50. The molecule has 1 aliphatic carbocycles. The van der Waals surface area contributed by atoms with E-state index in [4.69, 9.17) is 16.3 Å². The summed E-state index contributed by atoms with van der Waals surface area (Å²) in [6, 6.07) is 7.10. The molecule has 162 valence electrons. The number of piperidine rings is 1. The second-order valence-corrected chi connectivity index (χ2v) is 9.41. The van der Waals surface area contributed by atoms with Gasteiger partial charge in [-0.2, -0.15) is 0 Å². The molecule has 0 radical (unpaired) electrons. The number of nitrogens with one attached hydrogen (secondary N) is 1. The van der Waals surface area contributed by atoms with E-state index in [2.05, 4.69) is 5.32 Å². The Labute approximate surface area is 187 Å². The maximum Gasteiger partial charge on any atom is 0.241 e. The third-order valence-corrected chi connectivity index (χ3v) is 7.73. The number of nitrogens with zero attached hydrogens (tertiary/aromatic N) is 1. The number of thiophene rings is 1. The molecule has 9 heteroatoms. The first kappa shape index (κ1) is 20.7. The topological polar surface area (TPSA) is 99.1 Å². The molecule has 2 aliphatic heterocycles. The number of hydrogen-bond acceptors (Lipinski definition) is 7. The van der Waals surface area contributed by atoms with Crippen molar-refractivity contribution in [1.82, 2.24) is 10.2 Å². The van der Waals surface area contributed by atoms with Gasteiger partial charge in [-0.15, -0.1) is 11.3 Å². The first-order valence-electron chi connectivity index (χ1n) is 10.1. The Morgan fingerprint density at radius 1 is 1.19 bits per heavy atom. The SMILES string of the molecule is O=C1C2C=CC=C(OCc3sc4ccccc4c3Cl)C2C(=O)N1C1CCC(O)NC1O. The van der Waals surface area contributed by atoms with E-state index in [-0.39, 0.29) is 12.5 Å². The van der Waals surface area contributed by atoms with Crippen LogP contribution in [-0.4, -0.2) is 45.4 Å². The lowest BCUT2D eigenvalue weighted by atomic mass is 9.89. The van der Waals surface area contributed by atoms with Crippen LogP contribution in [0.5, 0.6) is 0 Å². The van der Waals surface area contributed by atoms with Crippen LogP contribution >= 0.6 is 22.9 Å². The fourth-order valence-corrected chi connectivity index (χ4v) is 5.90. The number of fused-ring (bicyclic) bond motifs is 2. The largest absolute Gasteiger partial charge is 0.491 e. The molecule has 1 aromatic heterocycles. The number of rotatable bonds is 4. The van der Waals surface area contributed by atoms with E-state index >= 15 is 0 Å². The first-order valence-corrected chi connectivity index (χ1v) is 11.3. The molecule has 3 heterocycles. The molecular weight excluding hydrogens is 440 g/mol. The number of carbonyl (C=O) groups is 2. The smallest absolute Gasteiger partial charge is 0.241 e. The third kappa shape index (κ3) is 3.48. The number of allylic oxidation sites excluding steroid dienone is 2. The van der Waals surface area contributed by atoms with Gasteiger partial charge in [0.15, 0.2) is 0 Å². The Bertz CT molecular complexity index is 1110. The highest BCUT2D eigenvalue weighted by atomic mass is 35.5. The summed E-state index contributed by atoms with van der Waals surface area (Å²) in [6.07, 6.45) is 3.76. The van der Waals surface area contributed by atoms with Crippen LogP contribution in [0.15, 0.2) is 48.3 Å². The maximum absolute atomic E-state index is 13.2. The van der Waals surface area contributed by atoms with Gasteiger partial charge in [-0.05, 0) is 25.0 Å².